The van der Waals surface area contributed by atoms with E-state index in [0.29, 0.717) is 24.2 Å². The summed E-state index contributed by atoms with van der Waals surface area (Å²) < 4.78 is 9.79. The molecular weight excluding hydrogens is 424 g/mol. The van der Waals surface area contributed by atoms with Gasteiger partial charge in [0.1, 0.15) is 17.1 Å². The number of hydrogen-bond acceptors (Lipinski definition) is 5. The van der Waals surface area contributed by atoms with Gasteiger partial charge in [-0.15, -0.1) is 0 Å². The molecule has 9 nitrogen and oxygen atoms in total. The fourth-order valence-electron chi connectivity index (χ4n) is 3.30. The van der Waals surface area contributed by atoms with Gasteiger partial charge in [0.25, 0.3) is 5.91 Å². The van der Waals surface area contributed by atoms with E-state index in [-0.39, 0.29) is 17.7 Å². The van der Waals surface area contributed by atoms with Gasteiger partial charge in [0.05, 0.1) is 7.11 Å². The molecule has 0 fully saturated rings. The van der Waals surface area contributed by atoms with Gasteiger partial charge in [-0.05, 0) is 64.3 Å². The van der Waals surface area contributed by atoms with Crippen LogP contribution in [-0.4, -0.2) is 48.0 Å². The van der Waals surface area contributed by atoms with Crippen molar-refractivity contribution in [3.8, 4) is 0 Å². The normalized spacial score (nSPS) is 12.0. The van der Waals surface area contributed by atoms with Crippen molar-refractivity contribution in [3.63, 3.8) is 0 Å². The van der Waals surface area contributed by atoms with Crippen molar-refractivity contribution in [2.24, 2.45) is 10.7 Å². The molecule has 0 aliphatic rings. The Labute approximate surface area is 194 Å². The summed E-state index contributed by atoms with van der Waals surface area (Å²) in [5, 5.41) is 3.75. The Morgan fingerprint density at radius 2 is 1.82 bits per heavy atom. The van der Waals surface area contributed by atoms with E-state index in [0.717, 1.165) is 42.1 Å². The van der Waals surface area contributed by atoms with E-state index in [9.17, 15) is 14.4 Å². The van der Waals surface area contributed by atoms with Gasteiger partial charge in [-0.1, -0.05) is 12.8 Å². The number of methoxy groups -OCH3 is 1. The second kappa shape index (κ2) is 11.5. The summed E-state index contributed by atoms with van der Waals surface area (Å²) in [7, 11) is 1.39. The van der Waals surface area contributed by atoms with E-state index in [4.69, 9.17) is 10.5 Å². The number of ether oxygens (including phenoxy) is 2. The molecule has 0 bridgehead atoms. The summed E-state index contributed by atoms with van der Waals surface area (Å²) in [6.07, 6.45) is 3.11. The highest BCUT2D eigenvalue weighted by molar-refractivity contribution is 6.07. The van der Waals surface area contributed by atoms with Crippen LogP contribution in [0.5, 0.6) is 0 Å². The molecule has 2 amide bonds. The number of carbonyl (C=O) groups is 3. The molecular formula is C24H34N4O5. The largest absolute Gasteiger partial charge is 0.469 e. The number of benzene rings is 1. The van der Waals surface area contributed by atoms with Crippen molar-refractivity contribution < 1.29 is 23.9 Å². The van der Waals surface area contributed by atoms with Crippen LogP contribution in [0.25, 0.3) is 10.9 Å². The molecule has 0 saturated heterocycles. The van der Waals surface area contributed by atoms with E-state index >= 15 is 0 Å². The van der Waals surface area contributed by atoms with Crippen molar-refractivity contribution >= 4 is 34.7 Å². The highest BCUT2D eigenvalue weighted by Crippen LogP contribution is 2.23. The summed E-state index contributed by atoms with van der Waals surface area (Å²) in [5.41, 5.74) is 7.95. The number of H-pyrrole nitrogens is 1. The lowest BCUT2D eigenvalue weighted by molar-refractivity contribution is -0.140. The van der Waals surface area contributed by atoms with Crippen LogP contribution in [0.2, 0.25) is 0 Å². The number of aliphatic imine (C=N–C) groups is 1. The Bertz CT molecular complexity index is 1030. The number of hydrogen-bond donors (Lipinski definition) is 3. The quantitative estimate of drug-likeness (QED) is 0.225. The Hall–Kier alpha value is -3.36. The van der Waals surface area contributed by atoms with Crippen LogP contribution in [0.4, 0.5) is 4.79 Å². The van der Waals surface area contributed by atoms with Crippen molar-refractivity contribution in [2.45, 2.75) is 65.4 Å². The highest BCUT2D eigenvalue weighted by atomic mass is 16.6. The molecule has 33 heavy (non-hydrogen) atoms. The smallest absolute Gasteiger partial charge is 0.436 e. The number of amides is 2. The minimum absolute atomic E-state index is 0.0463. The van der Waals surface area contributed by atoms with Crippen molar-refractivity contribution in [2.75, 3.05) is 13.7 Å². The molecule has 9 heteroatoms. The first-order chi connectivity index (χ1) is 15.5. The Balaban J connectivity index is 1.98. The molecule has 0 spiro atoms. The van der Waals surface area contributed by atoms with Gasteiger partial charge in [-0.25, -0.2) is 4.79 Å². The third kappa shape index (κ3) is 7.93. The highest BCUT2D eigenvalue weighted by Gasteiger charge is 2.18. The van der Waals surface area contributed by atoms with Gasteiger partial charge >= 0.3 is 12.1 Å². The van der Waals surface area contributed by atoms with Crippen molar-refractivity contribution in [3.05, 3.63) is 35.0 Å². The fourth-order valence-corrected chi connectivity index (χ4v) is 3.30. The van der Waals surface area contributed by atoms with Crippen molar-refractivity contribution in [1.82, 2.24) is 10.3 Å². The fraction of sp³-hybridized carbons (Fsp3) is 0.500. The van der Waals surface area contributed by atoms with Gasteiger partial charge in [0, 0.05) is 29.4 Å². The molecule has 0 atom stereocenters. The monoisotopic (exact) mass is 458 g/mol. The van der Waals surface area contributed by atoms with Gasteiger partial charge in [0.2, 0.25) is 0 Å². The van der Waals surface area contributed by atoms with Gasteiger partial charge in [0.15, 0.2) is 0 Å². The number of nitrogens with one attached hydrogen (secondary N) is 2. The first kappa shape index (κ1) is 25.9. The second-order valence-electron chi connectivity index (χ2n) is 8.86. The average molecular weight is 459 g/mol. The first-order valence-electron chi connectivity index (χ1n) is 11.1. The van der Waals surface area contributed by atoms with E-state index < -0.39 is 11.7 Å². The summed E-state index contributed by atoms with van der Waals surface area (Å²) in [4.78, 5) is 42.6. The van der Waals surface area contributed by atoms with Crippen LogP contribution >= 0.6 is 0 Å². The van der Waals surface area contributed by atoms with Gasteiger partial charge < -0.3 is 25.5 Å². The molecule has 2 aromatic rings. The topological polar surface area (TPSA) is 136 Å². The number of nitrogens with zero attached hydrogens (tertiary/aromatic N) is 1. The van der Waals surface area contributed by atoms with Gasteiger partial charge in [-0.2, -0.15) is 4.99 Å². The maximum Gasteiger partial charge on any atom is 0.436 e. The third-order valence-electron chi connectivity index (χ3n) is 5.01. The zero-order valence-corrected chi connectivity index (χ0v) is 20.0. The summed E-state index contributed by atoms with van der Waals surface area (Å²) >= 11 is 0. The number of nitrogens with two attached hydrogens (primary N) is 1. The zero-order valence-electron chi connectivity index (χ0n) is 20.0. The molecule has 0 aliphatic carbocycles. The molecule has 0 aliphatic heterocycles. The van der Waals surface area contributed by atoms with Crippen LogP contribution in [0.15, 0.2) is 23.2 Å². The Kier molecular flexibility index (Phi) is 9.02. The van der Waals surface area contributed by atoms with Crippen LogP contribution in [0.3, 0.4) is 0 Å². The van der Waals surface area contributed by atoms with Crippen LogP contribution in [0, 0.1) is 6.92 Å². The minimum Gasteiger partial charge on any atom is -0.469 e. The van der Waals surface area contributed by atoms with Crippen molar-refractivity contribution in [1.29, 1.82) is 0 Å². The number of aromatic nitrogens is 1. The molecule has 4 N–H and O–H groups in total. The average Bonchev–Trinajstić information content (AvgIpc) is 3.07. The zero-order chi connectivity index (χ0) is 24.6. The van der Waals surface area contributed by atoms with E-state index in [2.05, 4.69) is 20.0 Å². The summed E-state index contributed by atoms with van der Waals surface area (Å²) in [6.45, 7) is 7.66. The number of fused-ring (bicyclic) bond motifs is 1. The molecule has 2 rings (SSSR count). The molecule has 0 unspecified atom stereocenters. The lowest BCUT2D eigenvalue weighted by atomic mass is 10.1. The molecule has 1 aromatic carbocycles. The molecule has 1 aromatic heterocycles. The predicted molar refractivity (Wildman–Crippen MR) is 127 cm³/mol. The second-order valence-corrected chi connectivity index (χ2v) is 8.86. The van der Waals surface area contributed by atoms with Crippen LogP contribution in [-0.2, 0) is 14.3 Å². The SMILES string of the molecule is COC(=O)CCCCCCNC(=O)c1[nH]c2ccc(/C(N)=N\C(=O)OC(C)(C)C)cc2c1C. The molecule has 180 valence electrons. The van der Waals surface area contributed by atoms with Crippen LogP contribution < -0.4 is 11.1 Å². The minimum atomic E-state index is -0.753. The van der Waals surface area contributed by atoms with Crippen LogP contribution in [0.1, 0.15) is 74.5 Å². The lowest BCUT2D eigenvalue weighted by Crippen LogP contribution is -2.25. The summed E-state index contributed by atoms with van der Waals surface area (Å²) in [5.74, 6) is -0.334. The number of esters is 1. The third-order valence-corrected chi connectivity index (χ3v) is 5.01. The first-order valence-corrected chi connectivity index (χ1v) is 11.1. The standard InChI is InChI=1S/C24H34N4O5/c1-15-17-14-16(21(25)28-23(31)33-24(2,3)4)11-12-18(17)27-20(15)22(30)26-13-9-7-6-8-10-19(29)32-5/h11-12,14,27H,6-10,13H2,1-5H3,(H,26,30)(H2,25,28,31). The maximum atomic E-state index is 12.6. The van der Waals surface area contributed by atoms with E-state index in [1.807, 2.05) is 6.92 Å². The Morgan fingerprint density at radius 1 is 1.12 bits per heavy atom. The number of rotatable bonds is 9. The number of carbonyl (C=O) groups excluding carboxylic acids is 3. The van der Waals surface area contributed by atoms with E-state index in [1.54, 1.807) is 39.0 Å². The number of amidine groups is 1. The van der Waals surface area contributed by atoms with E-state index in [1.165, 1.54) is 7.11 Å². The number of aryl methyl sites for hydroxylation is 1. The predicted octanol–water partition coefficient (Wildman–Crippen LogP) is 3.97. The lowest BCUT2D eigenvalue weighted by Gasteiger charge is -2.17. The molecule has 0 saturated carbocycles. The molecule has 1 heterocycles. The maximum absolute atomic E-state index is 12.6. The number of unbranched alkanes of at least 4 members (excludes halogenated alkanes) is 3. The van der Waals surface area contributed by atoms with Gasteiger partial charge in [-0.3, -0.25) is 9.59 Å². The Morgan fingerprint density at radius 3 is 2.48 bits per heavy atom. The molecule has 0 radical (unpaired) electrons. The number of aromatic amines is 1. The summed E-state index contributed by atoms with van der Waals surface area (Å²) in [6, 6.07) is 5.33.